The van der Waals surface area contributed by atoms with Crippen LogP contribution in [0.5, 0.6) is 0 Å². The van der Waals surface area contributed by atoms with E-state index >= 15 is 0 Å². The number of rotatable bonds is 3. The Bertz CT molecular complexity index is 641. The second kappa shape index (κ2) is 5.84. The third kappa shape index (κ3) is 2.91. The van der Waals surface area contributed by atoms with E-state index < -0.39 is 0 Å². The summed E-state index contributed by atoms with van der Waals surface area (Å²) >= 11 is 0. The number of hydrogen-bond acceptors (Lipinski definition) is 3. The first-order valence-corrected chi connectivity index (χ1v) is 7.80. The molecule has 3 rings (SSSR count). The first-order valence-electron chi connectivity index (χ1n) is 7.80. The van der Waals surface area contributed by atoms with Gasteiger partial charge in [-0.2, -0.15) is 5.10 Å². The van der Waals surface area contributed by atoms with E-state index in [0.717, 1.165) is 24.2 Å². The summed E-state index contributed by atoms with van der Waals surface area (Å²) in [4.78, 5) is 16.9. The zero-order chi connectivity index (χ0) is 14.8. The van der Waals surface area contributed by atoms with Crippen molar-refractivity contribution in [3.8, 4) is 0 Å². The van der Waals surface area contributed by atoms with Gasteiger partial charge in [-0.15, -0.1) is 0 Å². The Kier molecular flexibility index (Phi) is 3.90. The lowest BCUT2D eigenvalue weighted by Crippen LogP contribution is -2.36. The van der Waals surface area contributed by atoms with Gasteiger partial charge in [0.15, 0.2) is 5.65 Å². The molecule has 0 unspecified atom stereocenters. The normalized spacial score (nSPS) is 16.5. The highest BCUT2D eigenvalue weighted by atomic mass is 16.1. The van der Waals surface area contributed by atoms with E-state index in [1.807, 2.05) is 16.6 Å². The fourth-order valence-electron chi connectivity index (χ4n) is 2.97. The van der Waals surface area contributed by atoms with Crippen molar-refractivity contribution in [1.82, 2.24) is 19.9 Å². The molecule has 1 aliphatic rings. The van der Waals surface area contributed by atoms with E-state index in [-0.39, 0.29) is 11.8 Å². The van der Waals surface area contributed by atoms with Gasteiger partial charge in [0.1, 0.15) is 5.69 Å². The minimum Gasteiger partial charge on any atom is -0.348 e. The molecule has 112 valence electrons. The van der Waals surface area contributed by atoms with Gasteiger partial charge in [-0.05, 0) is 24.8 Å². The molecule has 0 radical (unpaired) electrons. The van der Waals surface area contributed by atoms with E-state index in [1.54, 1.807) is 6.20 Å². The molecule has 5 nitrogen and oxygen atoms in total. The van der Waals surface area contributed by atoms with Crippen LogP contribution in [0.1, 0.15) is 68.1 Å². The van der Waals surface area contributed by atoms with Crippen molar-refractivity contribution in [2.75, 3.05) is 0 Å². The highest BCUT2D eigenvalue weighted by Gasteiger charge is 2.19. The molecule has 0 aliphatic heterocycles. The number of amides is 1. The second-order valence-electron chi connectivity index (χ2n) is 6.13. The third-order valence-corrected chi connectivity index (χ3v) is 4.15. The Hall–Kier alpha value is -1.91. The molecular weight excluding hydrogens is 264 g/mol. The molecule has 0 spiro atoms. The molecule has 1 amide bonds. The van der Waals surface area contributed by atoms with Gasteiger partial charge in [-0.1, -0.05) is 33.1 Å². The van der Waals surface area contributed by atoms with E-state index in [4.69, 9.17) is 0 Å². The van der Waals surface area contributed by atoms with Crippen molar-refractivity contribution in [2.24, 2.45) is 0 Å². The van der Waals surface area contributed by atoms with Gasteiger partial charge >= 0.3 is 0 Å². The van der Waals surface area contributed by atoms with Crippen LogP contribution in [0.3, 0.4) is 0 Å². The van der Waals surface area contributed by atoms with Crippen molar-refractivity contribution in [1.29, 1.82) is 0 Å². The third-order valence-electron chi connectivity index (χ3n) is 4.15. The van der Waals surface area contributed by atoms with Crippen LogP contribution in [-0.4, -0.2) is 26.5 Å². The topological polar surface area (TPSA) is 59.3 Å². The van der Waals surface area contributed by atoms with Gasteiger partial charge in [0.05, 0.1) is 6.20 Å². The van der Waals surface area contributed by atoms with Gasteiger partial charge in [-0.25, -0.2) is 9.50 Å². The molecule has 5 heteroatoms. The highest BCUT2D eigenvalue weighted by molar-refractivity contribution is 5.93. The second-order valence-corrected chi connectivity index (χ2v) is 6.13. The van der Waals surface area contributed by atoms with Crippen LogP contribution in [-0.2, 0) is 0 Å². The summed E-state index contributed by atoms with van der Waals surface area (Å²) in [5.74, 6) is 0.226. The fourth-order valence-corrected chi connectivity index (χ4v) is 2.97. The van der Waals surface area contributed by atoms with Crippen LogP contribution in [0.25, 0.3) is 5.65 Å². The quantitative estimate of drug-likeness (QED) is 0.943. The maximum absolute atomic E-state index is 12.4. The molecule has 1 saturated carbocycles. The summed E-state index contributed by atoms with van der Waals surface area (Å²) in [5.41, 5.74) is 2.24. The molecular formula is C16H22N4O. The number of nitrogens with zero attached hydrogens (tertiary/aromatic N) is 3. The van der Waals surface area contributed by atoms with Crippen LogP contribution in [0.15, 0.2) is 18.3 Å². The molecule has 21 heavy (non-hydrogen) atoms. The largest absolute Gasteiger partial charge is 0.348 e. The average Bonchev–Trinajstić information content (AvgIpc) is 2.95. The van der Waals surface area contributed by atoms with E-state index in [1.165, 1.54) is 19.3 Å². The zero-order valence-corrected chi connectivity index (χ0v) is 12.7. The smallest absolute Gasteiger partial charge is 0.270 e. The van der Waals surface area contributed by atoms with Crippen molar-refractivity contribution in [3.63, 3.8) is 0 Å². The summed E-state index contributed by atoms with van der Waals surface area (Å²) in [6.07, 6.45) is 7.57. The Morgan fingerprint density at radius 3 is 2.81 bits per heavy atom. The number of nitrogens with one attached hydrogen (secondary N) is 1. The molecule has 0 aromatic carbocycles. The average molecular weight is 286 g/mol. The first-order chi connectivity index (χ1) is 10.1. The lowest BCUT2D eigenvalue weighted by atomic mass is 9.95. The minimum atomic E-state index is -0.0625. The summed E-state index contributed by atoms with van der Waals surface area (Å²) in [5, 5.41) is 7.41. The fraction of sp³-hybridized carbons (Fsp3) is 0.562. The molecule has 0 atom stereocenters. The minimum absolute atomic E-state index is 0.0625. The standard InChI is InChI=1S/C16H22N4O/c1-11(2)14-10-13(19-15-8-9-17-20(14)15)16(21)18-12-6-4-3-5-7-12/h8-12H,3-7H2,1-2H3,(H,18,21). The van der Waals surface area contributed by atoms with E-state index in [9.17, 15) is 4.79 Å². The summed E-state index contributed by atoms with van der Waals surface area (Å²) in [6.45, 7) is 4.19. The van der Waals surface area contributed by atoms with Gasteiger partial charge < -0.3 is 5.32 Å². The Morgan fingerprint density at radius 1 is 1.33 bits per heavy atom. The van der Waals surface area contributed by atoms with Crippen molar-refractivity contribution >= 4 is 11.6 Å². The van der Waals surface area contributed by atoms with Gasteiger partial charge in [-0.3, -0.25) is 4.79 Å². The molecule has 1 fully saturated rings. The number of aromatic nitrogens is 3. The number of hydrogen-bond donors (Lipinski definition) is 1. The summed E-state index contributed by atoms with van der Waals surface area (Å²) in [6, 6.07) is 4.00. The van der Waals surface area contributed by atoms with E-state index in [0.29, 0.717) is 11.7 Å². The molecule has 2 heterocycles. The van der Waals surface area contributed by atoms with E-state index in [2.05, 4.69) is 29.2 Å². The Balaban J connectivity index is 1.86. The van der Waals surface area contributed by atoms with Crippen molar-refractivity contribution in [2.45, 2.75) is 57.9 Å². The zero-order valence-electron chi connectivity index (χ0n) is 12.7. The summed E-state index contributed by atoms with van der Waals surface area (Å²) in [7, 11) is 0. The number of fused-ring (bicyclic) bond motifs is 1. The highest BCUT2D eigenvalue weighted by Crippen LogP contribution is 2.19. The predicted octanol–water partition coefficient (Wildman–Crippen LogP) is 2.92. The van der Waals surface area contributed by atoms with Crippen molar-refractivity contribution in [3.05, 3.63) is 29.7 Å². The van der Waals surface area contributed by atoms with Crippen LogP contribution < -0.4 is 5.32 Å². The van der Waals surface area contributed by atoms with Gasteiger partial charge in [0.2, 0.25) is 0 Å². The molecule has 1 N–H and O–H groups in total. The molecule has 0 bridgehead atoms. The molecule has 2 aromatic heterocycles. The Labute approximate surface area is 124 Å². The van der Waals surface area contributed by atoms with Gasteiger partial charge in [0, 0.05) is 17.8 Å². The SMILES string of the molecule is CC(C)c1cc(C(=O)NC2CCCCC2)nc2ccnn12. The molecule has 0 saturated heterocycles. The van der Waals surface area contributed by atoms with Crippen molar-refractivity contribution < 1.29 is 4.79 Å². The number of carbonyl (C=O) groups is 1. The maximum Gasteiger partial charge on any atom is 0.270 e. The maximum atomic E-state index is 12.4. The number of carbonyl (C=O) groups excluding carboxylic acids is 1. The predicted molar refractivity (Wildman–Crippen MR) is 81.4 cm³/mol. The Morgan fingerprint density at radius 2 is 2.10 bits per heavy atom. The molecule has 1 aliphatic carbocycles. The van der Waals surface area contributed by atoms with Crippen LogP contribution in [0, 0.1) is 0 Å². The van der Waals surface area contributed by atoms with Crippen LogP contribution in [0.2, 0.25) is 0 Å². The molecule has 2 aromatic rings. The lowest BCUT2D eigenvalue weighted by Gasteiger charge is -2.22. The summed E-state index contributed by atoms with van der Waals surface area (Å²) < 4.78 is 1.81. The monoisotopic (exact) mass is 286 g/mol. The lowest BCUT2D eigenvalue weighted by molar-refractivity contribution is 0.0922. The van der Waals surface area contributed by atoms with Crippen LogP contribution in [0.4, 0.5) is 0 Å². The first kappa shape index (κ1) is 14.0. The van der Waals surface area contributed by atoms with Gasteiger partial charge in [0.25, 0.3) is 5.91 Å². The van der Waals surface area contributed by atoms with Crippen LogP contribution >= 0.6 is 0 Å².